The van der Waals surface area contributed by atoms with Crippen LogP contribution in [-0.4, -0.2) is 64.5 Å². The number of carbonyl (C=O) groups is 4. The van der Waals surface area contributed by atoms with Crippen molar-refractivity contribution in [1.82, 2.24) is 20.4 Å². The molecule has 168 valence electrons. The summed E-state index contributed by atoms with van der Waals surface area (Å²) in [4.78, 5) is 52.3. The van der Waals surface area contributed by atoms with Gasteiger partial charge in [0.05, 0.1) is 13.0 Å². The number of nitrogens with one attached hydrogen (secondary N) is 2. The summed E-state index contributed by atoms with van der Waals surface area (Å²) in [5.74, 6) is -0.570. The van der Waals surface area contributed by atoms with Crippen LogP contribution in [-0.2, 0) is 20.9 Å². The molecule has 0 radical (unpaired) electrons. The molecule has 2 saturated heterocycles. The van der Waals surface area contributed by atoms with Crippen molar-refractivity contribution in [3.63, 3.8) is 0 Å². The molecule has 3 rings (SSSR count). The topological polar surface area (TPSA) is 108 Å². The fraction of sp³-hybridized carbons (Fsp3) is 0.545. The van der Waals surface area contributed by atoms with Crippen molar-refractivity contribution in [3.05, 3.63) is 35.9 Å². The van der Waals surface area contributed by atoms with E-state index in [2.05, 4.69) is 10.6 Å². The molecule has 0 aliphatic carbocycles. The van der Waals surface area contributed by atoms with Crippen LogP contribution < -0.4 is 10.6 Å². The highest BCUT2D eigenvalue weighted by atomic mass is 16.6. The average molecular weight is 431 g/mol. The van der Waals surface area contributed by atoms with Crippen LogP contribution in [0.25, 0.3) is 0 Å². The smallest absolute Gasteiger partial charge is 0.407 e. The van der Waals surface area contributed by atoms with E-state index >= 15 is 0 Å². The highest BCUT2D eigenvalue weighted by Crippen LogP contribution is 2.17. The Morgan fingerprint density at radius 1 is 1.13 bits per heavy atom. The Morgan fingerprint density at radius 2 is 1.77 bits per heavy atom. The molecule has 0 spiro atoms. The number of piperidine rings is 1. The predicted octanol–water partition coefficient (Wildman–Crippen LogP) is 2.01. The minimum Gasteiger partial charge on any atom is -0.444 e. The molecule has 0 bridgehead atoms. The number of ether oxygens (including phenoxy) is 1. The number of imide groups is 1. The summed E-state index contributed by atoms with van der Waals surface area (Å²) in [6, 6.07) is 7.85. The van der Waals surface area contributed by atoms with E-state index in [4.69, 9.17) is 4.74 Å². The van der Waals surface area contributed by atoms with Gasteiger partial charge in [-0.05, 0) is 39.2 Å². The van der Waals surface area contributed by atoms with Crippen molar-refractivity contribution in [2.75, 3.05) is 13.1 Å². The predicted molar refractivity (Wildman–Crippen MR) is 113 cm³/mol. The lowest BCUT2D eigenvalue weighted by atomic mass is 10.0. The Kier molecular flexibility index (Phi) is 6.82. The zero-order valence-corrected chi connectivity index (χ0v) is 18.2. The lowest BCUT2D eigenvalue weighted by Gasteiger charge is -2.33. The Hall–Kier alpha value is -3.10. The molecule has 1 atom stereocenters. The van der Waals surface area contributed by atoms with E-state index in [0.717, 1.165) is 10.5 Å². The molecule has 1 aromatic rings. The second-order valence-corrected chi connectivity index (χ2v) is 8.92. The van der Waals surface area contributed by atoms with Crippen LogP contribution in [0.4, 0.5) is 9.59 Å². The van der Waals surface area contributed by atoms with Gasteiger partial charge in [0.25, 0.3) is 5.91 Å². The van der Waals surface area contributed by atoms with Gasteiger partial charge in [0.1, 0.15) is 11.6 Å². The van der Waals surface area contributed by atoms with Crippen LogP contribution in [0, 0.1) is 0 Å². The van der Waals surface area contributed by atoms with Gasteiger partial charge in [-0.2, -0.15) is 0 Å². The van der Waals surface area contributed by atoms with Gasteiger partial charge >= 0.3 is 12.1 Å². The number of amides is 5. The number of likely N-dealkylation sites (tertiary alicyclic amines) is 1. The second kappa shape index (κ2) is 9.36. The molecule has 0 unspecified atom stereocenters. The van der Waals surface area contributed by atoms with E-state index in [0.29, 0.717) is 25.9 Å². The zero-order chi connectivity index (χ0) is 22.6. The summed E-state index contributed by atoms with van der Waals surface area (Å²) in [5.41, 5.74) is 0.283. The first kappa shape index (κ1) is 22.6. The van der Waals surface area contributed by atoms with Gasteiger partial charge in [-0.1, -0.05) is 30.3 Å². The van der Waals surface area contributed by atoms with Crippen molar-refractivity contribution in [1.29, 1.82) is 0 Å². The lowest BCUT2D eigenvalue weighted by Crippen LogP contribution is -2.48. The highest BCUT2D eigenvalue weighted by Gasteiger charge is 2.40. The van der Waals surface area contributed by atoms with Crippen molar-refractivity contribution in [2.45, 2.75) is 64.3 Å². The van der Waals surface area contributed by atoms with Crippen molar-refractivity contribution < 1.29 is 23.9 Å². The third-order valence-electron chi connectivity index (χ3n) is 5.24. The maximum atomic E-state index is 12.7. The monoisotopic (exact) mass is 430 g/mol. The van der Waals surface area contributed by atoms with Crippen LogP contribution in [0.1, 0.15) is 45.6 Å². The molecular weight excluding hydrogens is 400 g/mol. The molecule has 9 nitrogen and oxygen atoms in total. The van der Waals surface area contributed by atoms with Crippen molar-refractivity contribution >= 4 is 23.9 Å². The molecule has 0 saturated carbocycles. The van der Waals surface area contributed by atoms with Crippen LogP contribution in [0.2, 0.25) is 0 Å². The van der Waals surface area contributed by atoms with Gasteiger partial charge in [-0.15, -0.1) is 0 Å². The van der Waals surface area contributed by atoms with E-state index in [-0.39, 0.29) is 30.8 Å². The fourth-order valence-electron chi connectivity index (χ4n) is 3.68. The first-order valence-corrected chi connectivity index (χ1v) is 10.6. The quantitative estimate of drug-likeness (QED) is 0.695. The van der Waals surface area contributed by atoms with E-state index in [9.17, 15) is 19.2 Å². The number of hydrogen-bond donors (Lipinski definition) is 2. The Balaban J connectivity index is 1.46. The lowest BCUT2D eigenvalue weighted by molar-refractivity contribution is -0.136. The van der Waals surface area contributed by atoms with Crippen LogP contribution in [0.15, 0.2) is 30.3 Å². The molecule has 1 aromatic carbocycles. The molecule has 2 aliphatic rings. The standard InChI is InChI=1S/C22H30N4O5/c1-22(2,3)31-21(30)23-16-9-11-25(12-10-16)18(27)13-17-19(28)26(20(29)24-17)14-15-7-5-4-6-8-15/h4-8,16-17H,9-14H2,1-3H3,(H,23,30)(H,24,29)/t17-/m0/s1. The molecule has 2 N–H and O–H groups in total. The number of urea groups is 1. The van der Waals surface area contributed by atoms with Crippen molar-refractivity contribution in [2.24, 2.45) is 0 Å². The number of carbonyl (C=O) groups excluding carboxylic acids is 4. The molecule has 5 amide bonds. The second-order valence-electron chi connectivity index (χ2n) is 8.92. The van der Waals surface area contributed by atoms with Crippen LogP contribution in [0.5, 0.6) is 0 Å². The number of rotatable bonds is 5. The highest BCUT2D eigenvalue weighted by molar-refractivity contribution is 6.05. The van der Waals surface area contributed by atoms with Gasteiger partial charge in [0.15, 0.2) is 0 Å². The number of alkyl carbamates (subject to hydrolysis) is 1. The van der Waals surface area contributed by atoms with E-state index < -0.39 is 23.8 Å². The summed E-state index contributed by atoms with van der Waals surface area (Å²) in [5, 5.41) is 5.45. The Morgan fingerprint density at radius 3 is 2.39 bits per heavy atom. The zero-order valence-electron chi connectivity index (χ0n) is 18.2. The molecule has 2 heterocycles. The summed E-state index contributed by atoms with van der Waals surface area (Å²) >= 11 is 0. The first-order chi connectivity index (χ1) is 14.6. The molecule has 2 fully saturated rings. The third kappa shape index (κ3) is 6.19. The van der Waals surface area contributed by atoms with Crippen LogP contribution >= 0.6 is 0 Å². The third-order valence-corrected chi connectivity index (χ3v) is 5.24. The van der Waals surface area contributed by atoms with Crippen molar-refractivity contribution in [3.8, 4) is 0 Å². The minimum atomic E-state index is -0.846. The molecule has 0 aromatic heterocycles. The van der Waals surface area contributed by atoms with E-state index in [1.165, 1.54) is 0 Å². The van der Waals surface area contributed by atoms with Gasteiger partial charge in [0, 0.05) is 19.1 Å². The van der Waals surface area contributed by atoms with E-state index in [1.54, 1.807) is 25.7 Å². The Bertz CT molecular complexity index is 828. The SMILES string of the molecule is CC(C)(C)OC(=O)NC1CCN(C(=O)C[C@@H]2NC(=O)N(Cc3ccccc3)C2=O)CC1. The van der Waals surface area contributed by atoms with Gasteiger partial charge in [-0.25, -0.2) is 9.59 Å². The summed E-state index contributed by atoms with van der Waals surface area (Å²) in [6.45, 7) is 6.54. The number of nitrogens with zero attached hydrogens (tertiary/aromatic N) is 2. The largest absolute Gasteiger partial charge is 0.444 e. The minimum absolute atomic E-state index is 0.0620. The molecular formula is C22H30N4O5. The summed E-state index contributed by atoms with van der Waals surface area (Å²) in [6.07, 6.45) is 0.682. The van der Waals surface area contributed by atoms with Gasteiger partial charge in [0.2, 0.25) is 5.91 Å². The van der Waals surface area contributed by atoms with Gasteiger partial charge in [-0.3, -0.25) is 14.5 Å². The fourth-order valence-corrected chi connectivity index (χ4v) is 3.68. The Labute approximate surface area is 182 Å². The molecule has 2 aliphatic heterocycles. The van der Waals surface area contributed by atoms with E-state index in [1.807, 2.05) is 30.3 Å². The summed E-state index contributed by atoms with van der Waals surface area (Å²) in [7, 11) is 0. The summed E-state index contributed by atoms with van der Waals surface area (Å²) < 4.78 is 5.26. The molecule has 9 heteroatoms. The van der Waals surface area contributed by atoms with Gasteiger partial charge < -0.3 is 20.3 Å². The number of hydrogen-bond acceptors (Lipinski definition) is 5. The van der Waals surface area contributed by atoms with Crippen LogP contribution in [0.3, 0.4) is 0 Å². The average Bonchev–Trinajstić information content (AvgIpc) is 2.95. The first-order valence-electron chi connectivity index (χ1n) is 10.6. The number of benzene rings is 1. The maximum Gasteiger partial charge on any atom is 0.407 e. The normalized spacial score (nSPS) is 19.9. The maximum absolute atomic E-state index is 12.7. The molecule has 31 heavy (non-hydrogen) atoms.